The SMILES string of the molecule is N#CCS(=O)I. The maximum atomic E-state index is 9.92. The van der Waals surface area contributed by atoms with E-state index in [4.69, 9.17) is 5.26 Å². The van der Waals surface area contributed by atoms with Gasteiger partial charge in [0, 0.05) is 21.2 Å². The van der Waals surface area contributed by atoms with Crippen molar-refractivity contribution >= 4 is 29.2 Å². The molecule has 0 aliphatic rings. The van der Waals surface area contributed by atoms with E-state index in [-0.39, 0.29) is 5.75 Å². The predicted molar refractivity (Wildman–Crippen MR) is 32.6 cm³/mol. The van der Waals surface area contributed by atoms with Crippen LogP contribution in [-0.4, -0.2) is 9.96 Å². The second-order valence-corrected chi connectivity index (χ2v) is 4.41. The van der Waals surface area contributed by atoms with Crippen LogP contribution in [-0.2, 0) is 7.97 Å². The first-order valence-corrected chi connectivity index (χ1v) is 5.05. The molecule has 0 aromatic carbocycles. The van der Waals surface area contributed by atoms with Crippen molar-refractivity contribution in [3.05, 3.63) is 0 Å². The van der Waals surface area contributed by atoms with E-state index in [2.05, 4.69) is 0 Å². The van der Waals surface area contributed by atoms with Crippen molar-refractivity contribution in [3.8, 4) is 6.07 Å². The largest absolute Gasteiger partial charge is 0.247 e. The molecule has 0 bridgehead atoms. The molecule has 0 saturated heterocycles. The minimum atomic E-state index is -0.957. The minimum absolute atomic E-state index is 0.139. The van der Waals surface area contributed by atoms with Crippen molar-refractivity contribution in [1.29, 1.82) is 5.26 Å². The van der Waals surface area contributed by atoms with Crippen molar-refractivity contribution in [3.63, 3.8) is 0 Å². The molecular weight excluding hydrogens is 213 g/mol. The zero-order valence-electron chi connectivity index (χ0n) is 2.85. The third-order valence-corrected chi connectivity index (χ3v) is 1.47. The van der Waals surface area contributed by atoms with Crippen LogP contribution in [0.5, 0.6) is 0 Å². The van der Waals surface area contributed by atoms with Crippen LogP contribution in [0.25, 0.3) is 0 Å². The van der Waals surface area contributed by atoms with Gasteiger partial charge < -0.3 is 0 Å². The van der Waals surface area contributed by atoms with E-state index < -0.39 is 7.97 Å². The molecule has 4 heteroatoms. The summed E-state index contributed by atoms with van der Waals surface area (Å²) in [6, 6.07) is 1.76. The molecule has 0 fully saturated rings. The Kier molecular flexibility index (Phi) is 3.78. The van der Waals surface area contributed by atoms with Gasteiger partial charge in [0.25, 0.3) is 0 Å². The topological polar surface area (TPSA) is 40.9 Å². The Labute approximate surface area is 50.6 Å². The third-order valence-electron chi connectivity index (χ3n) is 0.178. The van der Waals surface area contributed by atoms with Gasteiger partial charge in [0.1, 0.15) is 5.75 Å². The summed E-state index contributed by atoms with van der Waals surface area (Å²) >= 11 is 1.69. The van der Waals surface area contributed by atoms with Crippen LogP contribution in [0, 0.1) is 11.3 Å². The van der Waals surface area contributed by atoms with E-state index >= 15 is 0 Å². The van der Waals surface area contributed by atoms with Crippen LogP contribution in [0.3, 0.4) is 0 Å². The summed E-state index contributed by atoms with van der Waals surface area (Å²) in [5.41, 5.74) is 0. The fourth-order valence-electron chi connectivity index (χ4n) is 0.0507. The van der Waals surface area contributed by atoms with Gasteiger partial charge in [-0.1, -0.05) is 0 Å². The van der Waals surface area contributed by atoms with Crippen LogP contribution >= 0.6 is 21.2 Å². The van der Waals surface area contributed by atoms with Gasteiger partial charge in [0.2, 0.25) is 0 Å². The average Bonchev–Trinajstić information content (AvgIpc) is 1.35. The van der Waals surface area contributed by atoms with E-state index in [9.17, 15) is 4.21 Å². The van der Waals surface area contributed by atoms with Gasteiger partial charge in [0.05, 0.1) is 14.0 Å². The van der Waals surface area contributed by atoms with Gasteiger partial charge >= 0.3 is 0 Å². The third kappa shape index (κ3) is 4.37. The molecular formula is C2H2INOS. The van der Waals surface area contributed by atoms with E-state index in [1.54, 1.807) is 27.3 Å². The lowest BCUT2D eigenvalue weighted by Crippen LogP contribution is -1.78. The molecule has 0 saturated carbocycles. The van der Waals surface area contributed by atoms with Gasteiger partial charge in [-0.3, -0.25) is 0 Å². The molecule has 0 aliphatic heterocycles. The Hall–Kier alpha value is 0.370. The van der Waals surface area contributed by atoms with Gasteiger partial charge in [0.15, 0.2) is 0 Å². The fraction of sp³-hybridized carbons (Fsp3) is 0.500. The highest BCUT2D eigenvalue weighted by Gasteiger charge is 1.83. The van der Waals surface area contributed by atoms with E-state index in [0.717, 1.165) is 0 Å². The first-order chi connectivity index (χ1) is 2.77. The number of rotatable bonds is 1. The van der Waals surface area contributed by atoms with E-state index in [1.165, 1.54) is 0 Å². The fourth-order valence-corrected chi connectivity index (χ4v) is 0.570. The summed E-state index contributed by atoms with van der Waals surface area (Å²) < 4.78 is 9.92. The van der Waals surface area contributed by atoms with Crippen molar-refractivity contribution < 1.29 is 4.21 Å². The highest BCUT2D eigenvalue weighted by Crippen LogP contribution is 1.89. The molecule has 0 amide bonds. The number of hydrogen-bond acceptors (Lipinski definition) is 2. The molecule has 0 heterocycles. The summed E-state index contributed by atoms with van der Waals surface area (Å²) in [5, 5.41) is 7.79. The van der Waals surface area contributed by atoms with Crippen molar-refractivity contribution in [2.24, 2.45) is 0 Å². The quantitative estimate of drug-likeness (QED) is 0.474. The van der Waals surface area contributed by atoms with Crippen molar-refractivity contribution in [2.75, 3.05) is 5.75 Å². The number of nitrogens with zero attached hydrogens (tertiary/aromatic N) is 1. The zero-order chi connectivity index (χ0) is 4.99. The van der Waals surface area contributed by atoms with E-state index in [1.807, 2.05) is 0 Å². The molecule has 34 valence electrons. The van der Waals surface area contributed by atoms with Crippen molar-refractivity contribution in [2.45, 2.75) is 0 Å². The van der Waals surface area contributed by atoms with Gasteiger partial charge in [-0.05, 0) is 0 Å². The van der Waals surface area contributed by atoms with Gasteiger partial charge in [-0.25, -0.2) is 4.21 Å². The van der Waals surface area contributed by atoms with Gasteiger partial charge in [-0.15, -0.1) is 0 Å². The van der Waals surface area contributed by atoms with E-state index in [0.29, 0.717) is 0 Å². The maximum absolute atomic E-state index is 9.92. The number of halogens is 1. The molecule has 0 radical (unpaired) electrons. The lowest BCUT2D eigenvalue weighted by Gasteiger charge is -1.69. The Balaban J connectivity index is 3.13. The Morgan fingerprint density at radius 1 is 2.00 bits per heavy atom. The lowest BCUT2D eigenvalue weighted by atomic mass is 10.9. The second kappa shape index (κ2) is 3.56. The molecule has 0 aromatic rings. The smallest absolute Gasteiger partial charge is 0.120 e. The van der Waals surface area contributed by atoms with Crippen LogP contribution in [0.15, 0.2) is 0 Å². The molecule has 0 aliphatic carbocycles. The van der Waals surface area contributed by atoms with Crippen LogP contribution in [0.2, 0.25) is 0 Å². The summed E-state index contributed by atoms with van der Waals surface area (Å²) in [5.74, 6) is 0.139. The number of nitriles is 1. The first-order valence-electron chi connectivity index (χ1n) is 1.19. The maximum Gasteiger partial charge on any atom is 0.120 e. The summed E-state index contributed by atoms with van der Waals surface area (Å²) in [4.78, 5) is 0. The Morgan fingerprint density at radius 2 is 2.50 bits per heavy atom. The lowest BCUT2D eigenvalue weighted by molar-refractivity contribution is 0.694. The second-order valence-electron chi connectivity index (χ2n) is 0.592. The molecule has 2 nitrogen and oxygen atoms in total. The summed E-state index contributed by atoms with van der Waals surface area (Å²) in [6.45, 7) is 0. The average molecular weight is 215 g/mol. The monoisotopic (exact) mass is 215 g/mol. The van der Waals surface area contributed by atoms with Crippen LogP contribution < -0.4 is 0 Å². The molecule has 1 unspecified atom stereocenters. The molecule has 0 spiro atoms. The van der Waals surface area contributed by atoms with Gasteiger partial charge in [-0.2, -0.15) is 5.26 Å². The molecule has 0 rings (SSSR count). The highest BCUT2D eigenvalue weighted by molar-refractivity contribution is 14.2. The first kappa shape index (κ1) is 6.37. The normalized spacial score (nSPS) is 12.7. The molecule has 0 N–H and O–H groups in total. The minimum Gasteiger partial charge on any atom is -0.247 e. The van der Waals surface area contributed by atoms with Crippen LogP contribution in [0.1, 0.15) is 0 Å². The highest BCUT2D eigenvalue weighted by atomic mass is 127. The van der Waals surface area contributed by atoms with Crippen molar-refractivity contribution in [1.82, 2.24) is 0 Å². The standard InChI is InChI=1S/C2H2INOS/c3-6(5)2-1-4/h2H2. The Bertz CT molecular complexity index is 96.2. The number of hydrogen-bond donors (Lipinski definition) is 0. The molecule has 6 heavy (non-hydrogen) atoms. The summed E-state index contributed by atoms with van der Waals surface area (Å²) in [6.07, 6.45) is 0. The molecule has 1 atom stereocenters. The Morgan fingerprint density at radius 3 is 2.50 bits per heavy atom. The molecule has 0 aromatic heterocycles. The van der Waals surface area contributed by atoms with Crippen LogP contribution in [0.4, 0.5) is 0 Å². The summed E-state index contributed by atoms with van der Waals surface area (Å²) in [7, 11) is -0.957. The zero-order valence-corrected chi connectivity index (χ0v) is 5.82. The predicted octanol–water partition coefficient (Wildman–Crippen LogP) is 0.609.